The number of hydrogen-bond donors (Lipinski definition) is 1. The van der Waals surface area contributed by atoms with Crippen LogP contribution in [0.2, 0.25) is 0 Å². The van der Waals surface area contributed by atoms with Crippen molar-refractivity contribution in [1.29, 1.82) is 0 Å². The normalized spacial score (nSPS) is 18.3. The van der Waals surface area contributed by atoms with E-state index in [2.05, 4.69) is 5.32 Å². The van der Waals surface area contributed by atoms with Gasteiger partial charge in [-0.3, -0.25) is 4.84 Å². The Hall–Kier alpha value is -3.79. The maximum atomic E-state index is 13.3. The summed E-state index contributed by atoms with van der Waals surface area (Å²) in [4.78, 5) is 45.5. The molecular weight excluding hydrogens is 478 g/mol. The van der Waals surface area contributed by atoms with Crippen LogP contribution in [-0.4, -0.2) is 60.0 Å². The van der Waals surface area contributed by atoms with Crippen molar-refractivity contribution in [2.75, 3.05) is 26.3 Å². The van der Waals surface area contributed by atoms with Crippen LogP contribution in [0.3, 0.4) is 0 Å². The predicted molar refractivity (Wildman–Crippen MR) is 133 cm³/mol. The van der Waals surface area contributed by atoms with Crippen LogP contribution in [-0.2, 0) is 25.7 Å². The second-order valence-corrected chi connectivity index (χ2v) is 9.76. The molecule has 0 spiro atoms. The fourth-order valence-electron chi connectivity index (χ4n) is 4.36. The van der Waals surface area contributed by atoms with Crippen LogP contribution in [0.15, 0.2) is 48.5 Å². The summed E-state index contributed by atoms with van der Waals surface area (Å²) in [6, 6.07) is 13.2. The monoisotopic (exact) mass is 511 g/mol. The number of hydroxylamine groups is 2. The van der Waals surface area contributed by atoms with Gasteiger partial charge in [0, 0.05) is 0 Å². The van der Waals surface area contributed by atoms with Gasteiger partial charge in [0.2, 0.25) is 0 Å². The Labute approximate surface area is 216 Å². The summed E-state index contributed by atoms with van der Waals surface area (Å²) in [5.74, 6) is 0.0545. The van der Waals surface area contributed by atoms with Crippen molar-refractivity contribution in [2.24, 2.45) is 0 Å². The number of rotatable bonds is 9. The SMILES string of the molecule is CCOC(=O)[C@H]1c2ccc(OCCNC(=O)OC(C)(C)C)cc2[C@H]2CN1C(=O)N2OCc1ccccc1. The molecule has 4 rings (SSSR count). The van der Waals surface area contributed by atoms with Crippen LogP contribution in [0.4, 0.5) is 9.59 Å². The van der Waals surface area contributed by atoms with Gasteiger partial charge >= 0.3 is 18.1 Å². The van der Waals surface area contributed by atoms with Gasteiger partial charge in [-0.05, 0) is 56.5 Å². The molecule has 0 unspecified atom stereocenters. The number of nitrogens with zero attached hydrogens (tertiary/aromatic N) is 2. The average molecular weight is 512 g/mol. The van der Waals surface area contributed by atoms with Gasteiger partial charge in [-0.25, -0.2) is 14.4 Å². The number of hydrogen-bond acceptors (Lipinski definition) is 7. The zero-order valence-electron chi connectivity index (χ0n) is 21.6. The Balaban J connectivity index is 1.50. The lowest BCUT2D eigenvalue weighted by molar-refractivity contribution is -0.149. The van der Waals surface area contributed by atoms with Crippen LogP contribution in [0, 0.1) is 0 Å². The molecule has 2 atom stereocenters. The minimum Gasteiger partial charge on any atom is -0.492 e. The van der Waals surface area contributed by atoms with E-state index in [0.29, 0.717) is 11.3 Å². The van der Waals surface area contributed by atoms with Crippen molar-refractivity contribution in [2.45, 2.75) is 52.0 Å². The number of esters is 1. The molecule has 1 saturated heterocycles. The highest BCUT2D eigenvalue weighted by Crippen LogP contribution is 2.45. The summed E-state index contributed by atoms with van der Waals surface area (Å²) in [5.41, 5.74) is 1.77. The third-order valence-electron chi connectivity index (χ3n) is 5.87. The fourth-order valence-corrected chi connectivity index (χ4v) is 4.36. The lowest BCUT2D eigenvalue weighted by Gasteiger charge is -2.31. The summed E-state index contributed by atoms with van der Waals surface area (Å²) >= 11 is 0. The highest BCUT2D eigenvalue weighted by Gasteiger charge is 2.51. The van der Waals surface area contributed by atoms with Gasteiger partial charge in [0.15, 0.2) is 6.04 Å². The number of benzene rings is 2. The summed E-state index contributed by atoms with van der Waals surface area (Å²) in [5, 5.41) is 3.98. The number of amides is 3. The number of carbonyl (C=O) groups is 3. The van der Waals surface area contributed by atoms with Crippen molar-refractivity contribution in [3.05, 3.63) is 65.2 Å². The Bertz CT molecular complexity index is 1130. The number of fused-ring (bicyclic) bond motifs is 4. The van der Waals surface area contributed by atoms with E-state index in [1.54, 1.807) is 39.8 Å². The molecule has 0 aromatic heterocycles. The summed E-state index contributed by atoms with van der Waals surface area (Å²) in [6.07, 6.45) is -0.519. The van der Waals surface area contributed by atoms with E-state index in [1.165, 1.54) is 9.96 Å². The molecule has 0 aliphatic carbocycles. The van der Waals surface area contributed by atoms with Crippen LogP contribution < -0.4 is 10.1 Å². The zero-order chi connectivity index (χ0) is 26.6. The maximum absolute atomic E-state index is 13.3. The molecule has 1 fully saturated rings. The van der Waals surface area contributed by atoms with Crippen LogP contribution >= 0.6 is 0 Å². The molecule has 1 N–H and O–H groups in total. The van der Waals surface area contributed by atoms with Crippen molar-refractivity contribution in [1.82, 2.24) is 15.3 Å². The Morgan fingerprint density at radius 2 is 1.84 bits per heavy atom. The van der Waals surface area contributed by atoms with Gasteiger partial charge in [-0.2, -0.15) is 5.06 Å². The lowest BCUT2D eigenvalue weighted by Crippen LogP contribution is -2.39. The molecule has 10 heteroatoms. The van der Waals surface area contributed by atoms with E-state index in [1.807, 2.05) is 36.4 Å². The first-order chi connectivity index (χ1) is 17.7. The maximum Gasteiger partial charge on any atom is 0.407 e. The molecule has 2 aromatic carbocycles. The molecule has 2 bridgehead atoms. The first-order valence-corrected chi connectivity index (χ1v) is 12.3. The third kappa shape index (κ3) is 6.14. The molecule has 2 aromatic rings. The smallest absolute Gasteiger partial charge is 0.407 e. The second kappa shape index (κ2) is 11.1. The molecule has 3 amide bonds. The van der Waals surface area contributed by atoms with Gasteiger partial charge in [-0.15, -0.1) is 0 Å². The number of carbonyl (C=O) groups excluding carboxylic acids is 3. The van der Waals surface area contributed by atoms with Gasteiger partial charge < -0.3 is 24.4 Å². The zero-order valence-corrected chi connectivity index (χ0v) is 21.6. The highest BCUT2D eigenvalue weighted by atomic mass is 16.7. The molecule has 0 radical (unpaired) electrons. The minimum atomic E-state index is -0.869. The Kier molecular flexibility index (Phi) is 7.87. The molecule has 0 saturated carbocycles. The van der Waals surface area contributed by atoms with Gasteiger partial charge in [-0.1, -0.05) is 36.4 Å². The van der Waals surface area contributed by atoms with Crippen molar-refractivity contribution in [3.8, 4) is 5.75 Å². The van der Waals surface area contributed by atoms with Crippen molar-refractivity contribution in [3.63, 3.8) is 0 Å². The molecule has 10 nitrogen and oxygen atoms in total. The largest absolute Gasteiger partial charge is 0.492 e. The summed E-state index contributed by atoms with van der Waals surface area (Å²) < 4.78 is 16.4. The van der Waals surface area contributed by atoms with E-state index in [9.17, 15) is 14.4 Å². The van der Waals surface area contributed by atoms with Crippen LogP contribution in [0.5, 0.6) is 5.75 Å². The standard InChI is InChI=1S/C27H33N3O7/c1-5-34-24(31)23-20-12-11-19(35-14-13-28-25(32)37-27(2,3)4)15-21(20)22-16-29(23)26(33)30(22)36-17-18-9-7-6-8-10-18/h6-12,15,22-23H,5,13-14,16-17H2,1-4H3,(H,28,32)/t22-,23-/m1/s1. The van der Waals surface area contributed by atoms with Gasteiger partial charge in [0.25, 0.3) is 0 Å². The quantitative estimate of drug-likeness (QED) is 0.399. The van der Waals surface area contributed by atoms with Crippen molar-refractivity contribution < 1.29 is 33.4 Å². The number of alkyl carbamates (subject to hydrolysis) is 1. The van der Waals surface area contributed by atoms with E-state index in [-0.39, 0.29) is 38.9 Å². The van der Waals surface area contributed by atoms with Gasteiger partial charge in [0.1, 0.15) is 30.6 Å². The first-order valence-electron chi connectivity index (χ1n) is 12.3. The molecular formula is C27H33N3O7. The van der Waals surface area contributed by atoms with Crippen molar-refractivity contribution >= 4 is 18.1 Å². The van der Waals surface area contributed by atoms with E-state index < -0.39 is 29.7 Å². The van der Waals surface area contributed by atoms with E-state index in [4.69, 9.17) is 19.0 Å². The number of ether oxygens (including phenoxy) is 3. The Morgan fingerprint density at radius 3 is 2.54 bits per heavy atom. The highest BCUT2D eigenvalue weighted by molar-refractivity contribution is 5.88. The Morgan fingerprint density at radius 1 is 1.08 bits per heavy atom. The average Bonchev–Trinajstić information content (AvgIpc) is 3.12. The summed E-state index contributed by atoms with van der Waals surface area (Å²) in [6.45, 7) is 8.27. The van der Waals surface area contributed by atoms with Gasteiger partial charge in [0.05, 0.1) is 19.7 Å². The minimum absolute atomic E-state index is 0.205. The lowest BCUT2D eigenvalue weighted by atomic mass is 9.91. The number of urea groups is 1. The number of nitrogens with one attached hydrogen (secondary N) is 1. The molecule has 198 valence electrons. The first kappa shape index (κ1) is 26.3. The third-order valence-corrected chi connectivity index (χ3v) is 5.87. The van der Waals surface area contributed by atoms with E-state index in [0.717, 1.165) is 11.1 Å². The van der Waals surface area contributed by atoms with Crippen LogP contribution in [0.1, 0.15) is 56.5 Å². The topological polar surface area (TPSA) is 107 Å². The van der Waals surface area contributed by atoms with Crippen LogP contribution in [0.25, 0.3) is 0 Å². The predicted octanol–water partition coefficient (Wildman–Crippen LogP) is 4.12. The fraction of sp³-hybridized carbons (Fsp3) is 0.444. The molecule has 2 aliphatic heterocycles. The molecule has 2 heterocycles. The second-order valence-electron chi connectivity index (χ2n) is 9.76. The van der Waals surface area contributed by atoms with E-state index >= 15 is 0 Å². The summed E-state index contributed by atoms with van der Waals surface area (Å²) in [7, 11) is 0. The molecule has 37 heavy (non-hydrogen) atoms. The molecule has 2 aliphatic rings.